The van der Waals surface area contributed by atoms with Crippen molar-refractivity contribution in [3.8, 4) is 33.4 Å². The molecule has 2 aliphatic rings. The van der Waals surface area contributed by atoms with Crippen LogP contribution in [-0.2, 0) is 5.41 Å². The minimum atomic E-state index is -0.0562. The van der Waals surface area contributed by atoms with Gasteiger partial charge in [0.2, 0.25) is 0 Å². The van der Waals surface area contributed by atoms with E-state index in [0.717, 1.165) is 73.7 Å². The molecule has 0 fully saturated rings. The monoisotopic (exact) mass is 821 g/mol. The van der Waals surface area contributed by atoms with Gasteiger partial charge in [-0.05, 0) is 135 Å². The van der Waals surface area contributed by atoms with Gasteiger partial charge in [0, 0.05) is 43.9 Å². The summed E-state index contributed by atoms with van der Waals surface area (Å²) < 4.78 is 12.7. The Hall–Kier alpha value is -7.88. The fourth-order valence-electron chi connectivity index (χ4n) is 10.9. The second kappa shape index (κ2) is 14.1. The third kappa shape index (κ3) is 5.60. The quantitative estimate of drug-likeness (QED) is 0.167. The Balaban J connectivity index is 0.997. The number of anilines is 3. The summed E-state index contributed by atoms with van der Waals surface area (Å²) in [5.74, 6) is 0. The molecule has 3 nitrogen and oxygen atoms in total. The zero-order valence-corrected chi connectivity index (χ0v) is 35.7. The summed E-state index contributed by atoms with van der Waals surface area (Å²) in [7, 11) is 0. The van der Waals surface area contributed by atoms with Crippen molar-refractivity contribution >= 4 is 77.3 Å². The van der Waals surface area contributed by atoms with Gasteiger partial charge in [-0.25, -0.2) is 0 Å². The number of para-hydroxylation sites is 2. The van der Waals surface area contributed by atoms with E-state index in [1.807, 2.05) is 12.1 Å². The Morgan fingerprint density at radius 1 is 0.469 bits per heavy atom. The first-order valence-electron chi connectivity index (χ1n) is 22.4. The molecular weight excluding hydrogens is 779 g/mol. The highest BCUT2D eigenvalue weighted by Gasteiger charge is 2.39. The summed E-state index contributed by atoms with van der Waals surface area (Å²) in [5.41, 5.74) is 19.6. The number of allylic oxidation sites excluding steroid dienone is 4. The fourth-order valence-corrected chi connectivity index (χ4v) is 10.9. The second-order valence-corrected chi connectivity index (χ2v) is 17.9. The Bertz CT molecular complexity index is 3760. The molecular formula is C61H43NO2. The SMILES string of the molecule is CC1(C)C2=C(C=CCC2)c2c(N(c3cccc(-c4ccc(-c5ccc6ccc7oc8ccccc8c7c6c5)cc4-c4ccccc4)c3)c3ccc4oc5ccccc5c4c3)cccc21. The standard InChI is InChI=1S/C61H43NO2/c1-61(2)52-21-9-6-19-47(52)60-53(61)22-13-23-54(60)62(44-30-33-57-51(37-44)46-18-7-10-24-55(46)63-57)43-17-12-16-42(34-43)45-31-28-41(35-49(45)38-14-4-3-5-15-38)40-27-26-39-29-32-58-59(50(39)36-40)48-20-8-11-25-56(48)64-58/h3-8,10-20,22-37H,9,21H2,1-2H3. The van der Waals surface area contributed by atoms with Gasteiger partial charge in [0.25, 0.3) is 0 Å². The number of furan rings is 2. The molecule has 13 rings (SSSR count). The van der Waals surface area contributed by atoms with Gasteiger partial charge in [-0.15, -0.1) is 0 Å². The maximum absolute atomic E-state index is 6.36. The molecule has 3 heteroatoms. The molecule has 11 aromatic rings. The summed E-state index contributed by atoms with van der Waals surface area (Å²) in [6.07, 6.45) is 6.89. The number of hydrogen-bond acceptors (Lipinski definition) is 3. The molecule has 2 heterocycles. The lowest BCUT2D eigenvalue weighted by Gasteiger charge is -2.30. The van der Waals surface area contributed by atoms with Crippen molar-refractivity contribution in [2.45, 2.75) is 32.1 Å². The number of hydrogen-bond donors (Lipinski definition) is 0. The fraction of sp³-hybridized carbons (Fsp3) is 0.0820. The maximum Gasteiger partial charge on any atom is 0.136 e. The van der Waals surface area contributed by atoms with Crippen LogP contribution in [0.1, 0.15) is 37.8 Å². The van der Waals surface area contributed by atoms with Crippen LogP contribution in [0.5, 0.6) is 0 Å². The van der Waals surface area contributed by atoms with Crippen molar-refractivity contribution < 1.29 is 8.83 Å². The number of nitrogens with zero attached hydrogens (tertiary/aromatic N) is 1. The van der Waals surface area contributed by atoms with Crippen molar-refractivity contribution in [3.05, 3.63) is 217 Å². The molecule has 9 aromatic carbocycles. The number of benzene rings is 9. The minimum Gasteiger partial charge on any atom is -0.456 e. The van der Waals surface area contributed by atoms with E-state index in [1.165, 1.54) is 66.6 Å². The minimum absolute atomic E-state index is 0.0562. The van der Waals surface area contributed by atoms with E-state index in [4.69, 9.17) is 8.83 Å². The first-order chi connectivity index (χ1) is 31.5. The van der Waals surface area contributed by atoms with Crippen LogP contribution < -0.4 is 4.90 Å². The van der Waals surface area contributed by atoms with E-state index in [0.29, 0.717) is 0 Å². The molecule has 0 atom stereocenters. The summed E-state index contributed by atoms with van der Waals surface area (Å²) in [4.78, 5) is 2.48. The highest BCUT2D eigenvalue weighted by Crippen LogP contribution is 2.55. The van der Waals surface area contributed by atoms with Crippen molar-refractivity contribution in [1.82, 2.24) is 0 Å². The Morgan fingerprint density at radius 2 is 1.16 bits per heavy atom. The molecule has 0 aliphatic heterocycles. The first-order valence-corrected chi connectivity index (χ1v) is 22.4. The summed E-state index contributed by atoms with van der Waals surface area (Å²) in [6.45, 7) is 4.80. The molecule has 0 saturated heterocycles. The Morgan fingerprint density at radius 3 is 2.05 bits per heavy atom. The van der Waals surface area contributed by atoms with Crippen LogP contribution in [0, 0.1) is 0 Å². The first kappa shape index (κ1) is 36.7. The van der Waals surface area contributed by atoms with Crippen molar-refractivity contribution in [2.24, 2.45) is 0 Å². The van der Waals surface area contributed by atoms with Crippen LogP contribution in [0.4, 0.5) is 17.1 Å². The average molecular weight is 822 g/mol. The van der Waals surface area contributed by atoms with Crippen molar-refractivity contribution in [2.75, 3.05) is 4.90 Å². The summed E-state index contributed by atoms with van der Waals surface area (Å²) in [6, 6.07) is 68.3. The normalized spacial score (nSPS) is 14.3. The zero-order valence-electron chi connectivity index (χ0n) is 35.7. The molecule has 0 saturated carbocycles. The molecule has 2 aromatic heterocycles. The third-order valence-electron chi connectivity index (χ3n) is 14.0. The molecule has 2 aliphatic carbocycles. The molecule has 0 N–H and O–H groups in total. The number of fused-ring (bicyclic) bond motifs is 10. The highest BCUT2D eigenvalue weighted by molar-refractivity contribution is 6.19. The molecule has 304 valence electrons. The van der Waals surface area contributed by atoms with Crippen molar-refractivity contribution in [1.29, 1.82) is 0 Å². The molecule has 0 amide bonds. The average Bonchev–Trinajstić information content (AvgIpc) is 3.99. The van der Waals surface area contributed by atoms with Gasteiger partial charge in [0.15, 0.2) is 0 Å². The van der Waals surface area contributed by atoms with Gasteiger partial charge in [-0.1, -0.05) is 153 Å². The zero-order chi connectivity index (χ0) is 42.5. The van der Waals surface area contributed by atoms with E-state index in [-0.39, 0.29) is 5.41 Å². The summed E-state index contributed by atoms with van der Waals surface area (Å²) in [5, 5.41) is 6.93. The van der Waals surface area contributed by atoms with Gasteiger partial charge >= 0.3 is 0 Å². The lowest BCUT2D eigenvalue weighted by Crippen LogP contribution is -2.18. The van der Waals surface area contributed by atoms with Gasteiger partial charge < -0.3 is 13.7 Å². The second-order valence-electron chi connectivity index (χ2n) is 17.9. The molecule has 0 unspecified atom stereocenters. The smallest absolute Gasteiger partial charge is 0.136 e. The van der Waals surface area contributed by atoms with Gasteiger partial charge in [-0.3, -0.25) is 0 Å². The largest absolute Gasteiger partial charge is 0.456 e. The van der Waals surface area contributed by atoms with E-state index >= 15 is 0 Å². The lowest BCUT2D eigenvalue weighted by molar-refractivity contribution is 0.607. The third-order valence-corrected chi connectivity index (χ3v) is 14.0. The van der Waals surface area contributed by atoms with Gasteiger partial charge in [0.05, 0.1) is 5.69 Å². The van der Waals surface area contributed by atoms with E-state index in [1.54, 1.807) is 0 Å². The molecule has 0 bridgehead atoms. The van der Waals surface area contributed by atoms with Crippen LogP contribution in [0.25, 0.3) is 93.6 Å². The van der Waals surface area contributed by atoms with E-state index in [9.17, 15) is 0 Å². The van der Waals surface area contributed by atoms with Gasteiger partial charge in [-0.2, -0.15) is 0 Å². The van der Waals surface area contributed by atoms with E-state index in [2.05, 4.69) is 207 Å². The van der Waals surface area contributed by atoms with Crippen molar-refractivity contribution in [3.63, 3.8) is 0 Å². The Kier molecular flexibility index (Phi) is 8.08. The topological polar surface area (TPSA) is 29.5 Å². The molecule has 0 spiro atoms. The predicted molar refractivity (Wildman–Crippen MR) is 268 cm³/mol. The van der Waals surface area contributed by atoms with Gasteiger partial charge in [0.1, 0.15) is 22.3 Å². The highest BCUT2D eigenvalue weighted by atomic mass is 16.3. The predicted octanol–water partition coefficient (Wildman–Crippen LogP) is 17.5. The lowest BCUT2D eigenvalue weighted by atomic mass is 9.78. The van der Waals surface area contributed by atoms with Crippen LogP contribution >= 0.6 is 0 Å². The van der Waals surface area contributed by atoms with Crippen LogP contribution in [0.2, 0.25) is 0 Å². The molecule has 64 heavy (non-hydrogen) atoms. The maximum atomic E-state index is 6.36. The van der Waals surface area contributed by atoms with E-state index < -0.39 is 0 Å². The van der Waals surface area contributed by atoms with Crippen LogP contribution in [-0.4, -0.2) is 0 Å². The van der Waals surface area contributed by atoms with Crippen LogP contribution in [0.15, 0.2) is 215 Å². The Labute approximate surface area is 371 Å². The number of rotatable bonds is 6. The molecule has 0 radical (unpaired) electrons. The summed E-state index contributed by atoms with van der Waals surface area (Å²) >= 11 is 0. The van der Waals surface area contributed by atoms with Crippen LogP contribution in [0.3, 0.4) is 0 Å².